The summed E-state index contributed by atoms with van der Waals surface area (Å²) in [5, 5.41) is 3.44. The fraction of sp³-hybridized carbons (Fsp3) is 0.500. The third-order valence-corrected chi connectivity index (χ3v) is 2.73. The first kappa shape index (κ1) is 9.38. The number of nitrogens with one attached hydrogen (secondary N) is 1. The molecule has 0 aliphatic carbocycles. The third-order valence-electron chi connectivity index (χ3n) is 2.73. The smallest absolute Gasteiger partial charge is 0.145 e. The van der Waals surface area contributed by atoms with Gasteiger partial charge in [0.05, 0.1) is 11.8 Å². The number of anilines is 1. The molecular formula is C12H17NO. The molecule has 0 amide bonds. The first-order chi connectivity index (χ1) is 6.68. The zero-order valence-corrected chi connectivity index (χ0v) is 9.05. The molecule has 0 saturated carbocycles. The molecule has 0 aromatic heterocycles. The van der Waals surface area contributed by atoms with Crippen molar-refractivity contribution < 1.29 is 4.74 Å². The lowest BCUT2D eigenvalue weighted by Crippen LogP contribution is -2.12. The van der Waals surface area contributed by atoms with Crippen LogP contribution in [0.15, 0.2) is 12.1 Å². The Labute approximate surface area is 85.3 Å². The van der Waals surface area contributed by atoms with Crippen molar-refractivity contribution in [2.24, 2.45) is 0 Å². The van der Waals surface area contributed by atoms with Crippen LogP contribution in [0.4, 0.5) is 5.69 Å². The fourth-order valence-corrected chi connectivity index (χ4v) is 1.82. The van der Waals surface area contributed by atoms with Gasteiger partial charge in [0.1, 0.15) is 5.75 Å². The van der Waals surface area contributed by atoms with Crippen LogP contribution >= 0.6 is 0 Å². The Morgan fingerprint density at radius 1 is 1.29 bits per heavy atom. The van der Waals surface area contributed by atoms with Gasteiger partial charge < -0.3 is 10.1 Å². The Morgan fingerprint density at radius 3 is 2.79 bits per heavy atom. The molecule has 0 bridgehead atoms. The lowest BCUT2D eigenvalue weighted by molar-refractivity contribution is 0.220. The van der Waals surface area contributed by atoms with Crippen molar-refractivity contribution in [3.63, 3.8) is 0 Å². The Balaban J connectivity index is 2.48. The van der Waals surface area contributed by atoms with E-state index < -0.39 is 0 Å². The van der Waals surface area contributed by atoms with Gasteiger partial charge in [0.25, 0.3) is 0 Å². The van der Waals surface area contributed by atoms with Gasteiger partial charge in [-0.2, -0.15) is 0 Å². The molecular weight excluding hydrogens is 174 g/mol. The zero-order valence-electron chi connectivity index (χ0n) is 9.05. The number of rotatable bonds is 0. The maximum Gasteiger partial charge on any atom is 0.145 e. The summed E-state index contributed by atoms with van der Waals surface area (Å²) in [6.45, 7) is 7.33. The molecule has 1 atom stereocenters. The number of benzene rings is 1. The predicted molar refractivity (Wildman–Crippen MR) is 59.1 cm³/mol. The molecule has 76 valence electrons. The summed E-state index contributed by atoms with van der Waals surface area (Å²) in [4.78, 5) is 0. The normalized spacial score (nSPS) is 20.4. The van der Waals surface area contributed by atoms with Crippen LogP contribution in [-0.4, -0.2) is 12.6 Å². The lowest BCUT2D eigenvalue weighted by Gasteiger charge is -2.15. The molecule has 0 spiro atoms. The van der Waals surface area contributed by atoms with E-state index in [1.165, 1.54) is 16.8 Å². The Hall–Kier alpha value is -1.18. The SMILES string of the molecule is Cc1ccc(C)c2c1NCCC(C)O2. The van der Waals surface area contributed by atoms with Gasteiger partial charge in [0.2, 0.25) is 0 Å². The van der Waals surface area contributed by atoms with E-state index in [1.807, 2.05) is 0 Å². The summed E-state index contributed by atoms with van der Waals surface area (Å²) >= 11 is 0. The van der Waals surface area contributed by atoms with Gasteiger partial charge in [-0.1, -0.05) is 12.1 Å². The molecule has 1 aliphatic heterocycles. The predicted octanol–water partition coefficient (Wildman–Crippen LogP) is 2.89. The minimum absolute atomic E-state index is 0.309. The molecule has 2 heteroatoms. The summed E-state index contributed by atoms with van der Waals surface area (Å²) in [5.74, 6) is 1.04. The molecule has 2 nitrogen and oxygen atoms in total. The molecule has 1 aliphatic rings. The summed E-state index contributed by atoms with van der Waals surface area (Å²) in [6, 6.07) is 4.26. The van der Waals surface area contributed by atoms with Crippen LogP contribution in [0.2, 0.25) is 0 Å². The molecule has 1 aromatic carbocycles. The summed E-state index contributed by atoms with van der Waals surface area (Å²) in [5.41, 5.74) is 3.65. The maximum atomic E-state index is 5.91. The van der Waals surface area contributed by atoms with E-state index in [0.717, 1.165) is 18.7 Å². The summed E-state index contributed by atoms with van der Waals surface area (Å²) < 4.78 is 5.91. The maximum absolute atomic E-state index is 5.91. The minimum atomic E-state index is 0.309. The second-order valence-electron chi connectivity index (χ2n) is 4.05. The van der Waals surface area contributed by atoms with Crippen molar-refractivity contribution in [3.8, 4) is 5.75 Å². The van der Waals surface area contributed by atoms with Gasteiger partial charge in [-0.3, -0.25) is 0 Å². The Bertz CT molecular complexity index is 346. The standard InChI is InChI=1S/C12H17NO/c1-8-4-5-9(2)12-11(8)13-7-6-10(3)14-12/h4-5,10,13H,6-7H2,1-3H3. The fourth-order valence-electron chi connectivity index (χ4n) is 1.82. The van der Waals surface area contributed by atoms with Crippen LogP contribution in [0.25, 0.3) is 0 Å². The summed E-state index contributed by atoms with van der Waals surface area (Å²) in [7, 11) is 0. The van der Waals surface area contributed by atoms with Crippen molar-refractivity contribution >= 4 is 5.69 Å². The average Bonchev–Trinajstić information content (AvgIpc) is 2.34. The molecule has 1 heterocycles. The summed E-state index contributed by atoms with van der Waals surface area (Å²) in [6.07, 6.45) is 1.37. The van der Waals surface area contributed by atoms with E-state index in [4.69, 9.17) is 4.74 Å². The second-order valence-corrected chi connectivity index (χ2v) is 4.05. The lowest BCUT2D eigenvalue weighted by atomic mass is 10.1. The minimum Gasteiger partial charge on any atom is -0.488 e. The quantitative estimate of drug-likeness (QED) is 0.680. The van der Waals surface area contributed by atoms with Crippen molar-refractivity contribution in [2.45, 2.75) is 33.3 Å². The van der Waals surface area contributed by atoms with Crippen molar-refractivity contribution in [3.05, 3.63) is 23.3 Å². The van der Waals surface area contributed by atoms with Crippen molar-refractivity contribution in [2.75, 3.05) is 11.9 Å². The monoisotopic (exact) mass is 191 g/mol. The highest BCUT2D eigenvalue weighted by atomic mass is 16.5. The van der Waals surface area contributed by atoms with E-state index in [9.17, 15) is 0 Å². The molecule has 1 unspecified atom stereocenters. The van der Waals surface area contributed by atoms with E-state index in [1.54, 1.807) is 0 Å². The van der Waals surface area contributed by atoms with E-state index >= 15 is 0 Å². The number of hydrogen-bond acceptors (Lipinski definition) is 2. The highest BCUT2D eigenvalue weighted by Crippen LogP contribution is 2.34. The number of ether oxygens (including phenoxy) is 1. The van der Waals surface area contributed by atoms with Gasteiger partial charge in [-0.05, 0) is 31.9 Å². The third kappa shape index (κ3) is 1.57. The van der Waals surface area contributed by atoms with Gasteiger partial charge in [-0.25, -0.2) is 0 Å². The van der Waals surface area contributed by atoms with Gasteiger partial charge in [0.15, 0.2) is 0 Å². The number of hydrogen-bond donors (Lipinski definition) is 1. The van der Waals surface area contributed by atoms with E-state index in [0.29, 0.717) is 6.10 Å². The van der Waals surface area contributed by atoms with Crippen LogP contribution in [0.3, 0.4) is 0 Å². The molecule has 1 N–H and O–H groups in total. The van der Waals surface area contributed by atoms with Crippen molar-refractivity contribution in [1.82, 2.24) is 0 Å². The van der Waals surface area contributed by atoms with Crippen molar-refractivity contribution in [1.29, 1.82) is 0 Å². The van der Waals surface area contributed by atoms with Gasteiger partial charge >= 0.3 is 0 Å². The van der Waals surface area contributed by atoms with Gasteiger partial charge in [0, 0.05) is 13.0 Å². The molecule has 1 aromatic rings. The molecule has 0 fully saturated rings. The van der Waals surface area contributed by atoms with Gasteiger partial charge in [-0.15, -0.1) is 0 Å². The topological polar surface area (TPSA) is 21.3 Å². The van der Waals surface area contributed by atoms with Crippen LogP contribution in [0.1, 0.15) is 24.5 Å². The largest absolute Gasteiger partial charge is 0.488 e. The van der Waals surface area contributed by atoms with E-state index in [-0.39, 0.29) is 0 Å². The molecule has 0 saturated heterocycles. The van der Waals surface area contributed by atoms with Crippen LogP contribution in [0.5, 0.6) is 5.75 Å². The zero-order chi connectivity index (χ0) is 10.1. The first-order valence-electron chi connectivity index (χ1n) is 5.19. The molecule has 0 radical (unpaired) electrons. The van der Waals surface area contributed by atoms with Crippen LogP contribution < -0.4 is 10.1 Å². The average molecular weight is 191 g/mol. The Kier molecular flexibility index (Phi) is 2.36. The Morgan fingerprint density at radius 2 is 2.00 bits per heavy atom. The second kappa shape index (κ2) is 3.52. The van der Waals surface area contributed by atoms with E-state index in [2.05, 4.69) is 38.2 Å². The highest BCUT2D eigenvalue weighted by Gasteiger charge is 2.16. The first-order valence-corrected chi connectivity index (χ1v) is 5.19. The van der Waals surface area contributed by atoms with Crippen LogP contribution in [0, 0.1) is 13.8 Å². The number of aryl methyl sites for hydroxylation is 2. The number of fused-ring (bicyclic) bond motifs is 1. The molecule has 2 rings (SSSR count). The highest BCUT2D eigenvalue weighted by molar-refractivity contribution is 5.65. The van der Waals surface area contributed by atoms with Crippen LogP contribution in [-0.2, 0) is 0 Å². The molecule has 14 heavy (non-hydrogen) atoms.